The zero-order valence-electron chi connectivity index (χ0n) is 15.1. The number of fused-ring (bicyclic) bond motifs is 1. The highest BCUT2D eigenvalue weighted by Crippen LogP contribution is 2.35. The van der Waals surface area contributed by atoms with Crippen LogP contribution in [0.2, 0.25) is 0 Å². The lowest BCUT2D eigenvalue weighted by Crippen LogP contribution is -2.62. The number of hydrogen-bond donors (Lipinski definition) is 1. The molecule has 6 atom stereocenters. The van der Waals surface area contributed by atoms with E-state index in [-0.39, 0.29) is 6.10 Å². The highest BCUT2D eigenvalue weighted by atomic mass is 16.8. The van der Waals surface area contributed by atoms with Crippen molar-refractivity contribution >= 4 is 0 Å². The van der Waals surface area contributed by atoms with Crippen molar-refractivity contribution in [2.24, 2.45) is 0 Å². The molecule has 0 radical (unpaired) electrons. The number of methoxy groups -OCH3 is 1. The summed E-state index contributed by atoms with van der Waals surface area (Å²) >= 11 is 0. The van der Waals surface area contributed by atoms with Crippen LogP contribution in [0.3, 0.4) is 0 Å². The van der Waals surface area contributed by atoms with Gasteiger partial charge < -0.3 is 28.8 Å². The Labute approximate surface area is 158 Å². The Hall–Kier alpha value is -1.80. The molecular formula is C21H24O6. The molecule has 2 aliphatic rings. The number of aliphatic hydroxyl groups is 1. The van der Waals surface area contributed by atoms with Gasteiger partial charge in [-0.3, -0.25) is 0 Å². The SMILES string of the molecule is CO[C@@H]1O[C@@H]2CO[C@H](c3ccccc3)O[C@@H]2[C@H](OCc2ccccc2)[C@H]1O. The van der Waals surface area contributed by atoms with E-state index in [4.69, 9.17) is 23.7 Å². The maximum absolute atomic E-state index is 10.7. The largest absolute Gasteiger partial charge is 0.385 e. The Morgan fingerprint density at radius 3 is 2.41 bits per heavy atom. The summed E-state index contributed by atoms with van der Waals surface area (Å²) in [5.74, 6) is 0. The molecule has 0 amide bonds. The second-order valence-corrected chi connectivity index (χ2v) is 6.71. The molecule has 0 spiro atoms. The Kier molecular flexibility index (Phi) is 5.83. The van der Waals surface area contributed by atoms with E-state index in [1.165, 1.54) is 7.11 Å². The Morgan fingerprint density at radius 1 is 1.00 bits per heavy atom. The van der Waals surface area contributed by atoms with Gasteiger partial charge in [0.25, 0.3) is 0 Å². The minimum Gasteiger partial charge on any atom is -0.385 e. The van der Waals surface area contributed by atoms with Crippen LogP contribution in [-0.4, -0.2) is 49.5 Å². The molecule has 4 rings (SSSR count). The van der Waals surface area contributed by atoms with Gasteiger partial charge in [-0.05, 0) is 5.56 Å². The molecule has 2 aliphatic heterocycles. The van der Waals surface area contributed by atoms with Crippen LogP contribution in [0, 0.1) is 0 Å². The minimum absolute atomic E-state index is 0.335. The van der Waals surface area contributed by atoms with Gasteiger partial charge in [-0.1, -0.05) is 60.7 Å². The fourth-order valence-electron chi connectivity index (χ4n) is 3.49. The molecule has 6 heteroatoms. The molecule has 0 saturated carbocycles. The zero-order chi connectivity index (χ0) is 18.6. The second-order valence-electron chi connectivity index (χ2n) is 6.71. The Bertz CT molecular complexity index is 709. The van der Waals surface area contributed by atoms with Gasteiger partial charge in [0.15, 0.2) is 12.6 Å². The summed E-state index contributed by atoms with van der Waals surface area (Å²) in [7, 11) is 1.50. The molecule has 0 bridgehead atoms. The van der Waals surface area contributed by atoms with Gasteiger partial charge in [0.1, 0.15) is 24.4 Å². The lowest BCUT2D eigenvalue weighted by Gasteiger charge is -2.47. The molecule has 27 heavy (non-hydrogen) atoms. The van der Waals surface area contributed by atoms with E-state index in [0.29, 0.717) is 13.2 Å². The number of rotatable bonds is 5. The molecule has 2 heterocycles. The van der Waals surface area contributed by atoms with Crippen LogP contribution >= 0.6 is 0 Å². The van der Waals surface area contributed by atoms with Gasteiger partial charge >= 0.3 is 0 Å². The summed E-state index contributed by atoms with van der Waals surface area (Å²) in [4.78, 5) is 0. The van der Waals surface area contributed by atoms with E-state index >= 15 is 0 Å². The monoisotopic (exact) mass is 372 g/mol. The van der Waals surface area contributed by atoms with Crippen LogP contribution in [-0.2, 0) is 30.3 Å². The molecular weight excluding hydrogens is 348 g/mol. The number of hydrogen-bond acceptors (Lipinski definition) is 6. The maximum Gasteiger partial charge on any atom is 0.186 e. The number of benzene rings is 2. The molecule has 0 aliphatic carbocycles. The predicted octanol–water partition coefficient (Wildman–Crippen LogP) is 2.42. The lowest BCUT2D eigenvalue weighted by atomic mass is 9.97. The van der Waals surface area contributed by atoms with Crippen LogP contribution in [0.4, 0.5) is 0 Å². The van der Waals surface area contributed by atoms with Gasteiger partial charge in [0.05, 0.1) is 13.2 Å². The first-order valence-corrected chi connectivity index (χ1v) is 9.10. The predicted molar refractivity (Wildman–Crippen MR) is 96.7 cm³/mol. The van der Waals surface area contributed by atoms with E-state index in [2.05, 4.69) is 0 Å². The van der Waals surface area contributed by atoms with E-state index in [1.54, 1.807) is 0 Å². The second kappa shape index (κ2) is 8.48. The molecule has 2 fully saturated rings. The van der Waals surface area contributed by atoms with E-state index in [1.807, 2.05) is 60.7 Å². The van der Waals surface area contributed by atoms with E-state index in [9.17, 15) is 5.11 Å². The maximum atomic E-state index is 10.7. The molecule has 2 saturated heterocycles. The highest BCUT2D eigenvalue weighted by molar-refractivity contribution is 5.17. The average molecular weight is 372 g/mol. The normalized spacial score (nSPS) is 33.4. The summed E-state index contributed by atoms with van der Waals surface area (Å²) in [6, 6.07) is 19.5. The van der Waals surface area contributed by atoms with Gasteiger partial charge in [-0.25, -0.2) is 0 Å². The van der Waals surface area contributed by atoms with E-state index in [0.717, 1.165) is 11.1 Å². The van der Waals surface area contributed by atoms with Crippen molar-refractivity contribution in [3.63, 3.8) is 0 Å². The fourth-order valence-corrected chi connectivity index (χ4v) is 3.49. The molecule has 0 unspecified atom stereocenters. The van der Waals surface area contributed by atoms with Gasteiger partial charge in [-0.15, -0.1) is 0 Å². The third-order valence-corrected chi connectivity index (χ3v) is 4.90. The summed E-state index contributed by atoms with van der Waals surface area (Å²) in [5, 5.41) is 10.7. The molecule has 2 aromatic carbocycles. The van der Waals surface area contributed by atoms with Gasteiger partial charge in [0.2, 0.25) is 0 Å². The Morgan fingerprint density at radius 2 is 1.70 bits per heavy atom. The van der Waals surface area contributed by atoms with Crippen molar-refractivity contribution in [1.29, 1.82) is 0 Å². The quantitative estimate of drug-likeness (QED) is 0.870. The van der Waals surface area contributed by atoms with Crippen molar-refractivity contribution in [3.05, 3.63) is 71.8 Å². The first kappa shape index (κ1) is 18.6. The Balaban J connectivity index is 1.51. The first-order chi connectivity index (χ1) is 13.3. The topological polar surface area (TPSA) is 66.4 Å². The smallest absolute Gasteiger partial charge is 0.186 e. The van der Waals surface area contributed by atoms with Gasteiger partial charge in [-0.2, -0.15) is 0 Å². The third kappa shape index (κ3) is 4.06. The van der Waals surface area contributed by atoms with Crippen LogP contribution < -0.4 is 0 Å². The standard InChI is InChI=1S/C21H24O6/c1-23-21-17(22)19(24-12-14-8-4-2-5-9-14)18-16(26-21)13-25-20(27-18)15-10-6-3-7-11-15/h2-11,16-22H,12-13H2,1H3/t16-,17-,18+,19-,20+,21-/m1/s1. The zero-order valence-corrected chi connectivity index (χ0v) is 15.1. The van der Waals surface area contributed by atoms with Crippen molar-refractivity contribution in [2.75, 3.05) is 13.7 Å². The molecule has 2 aromatic rings. The van der Waals surface area contributed by atoms with Crippen molar-refractivity contribution in [2.45, 2.75) is 43.6 Å². The summed E-state index contributed by atoms with van der Waals surface area (Å²) < 4.78 is 29.2. The van der Waals surface area contributed by atoms with Crippen molar-refractivity contribution in [3.8, 4) is 0 Å². The average Bonchev–Trinajstić information content (AvgIpc) is 2.74. The van der Waals surface area contributed by atoms with Gasteiger partial charge in [0, 0.05) is 12.7 Å². The van der Waals surface area contributed by atoms with Crippen LogP contribution in [0.15, 0.2) is 60.7 Å². The molecule has 1 N–H and O–H groups in total. The third-order valence-electron chi connectivity index (χ3n) is 4.90. The van der Waals surface area contributed by atoms with Crippen LogP contribution in [0.5, 0.6) is 0 Å². The minimum atomic E-state index is -0.963. The van der Waals surface area contributed by atoms with Crippen LogP contribution in [0.25, 0.3) is 0 Å². The number of aliphatic hydroxyl groups excluding tert-OH is 1. The fraction of sp³-hybridized carbons (Fsp3) is 0.429. The lowest BCUT2D eigenvalue weighted by molar-refractivity contribution is -0.363. The molecule has 0 aromatic heterocycles. The van der Waals surface area contributed by atoms with Crippen molar-refractivity contribution in [1.82, 2.24) is 0 Å². The summed E-state index contributed by atoms with van der Waals surface area (Å²) in [6.45, 7) is 0.699. The van der Waals surface area contributed by atoms with Crippen molar-refractivity contribution < 1.29 is 28.8 Å². The highest BCUT2D eigenvalue weighted by Gasteiger charge is 2.50. The van der Waals surface area contributed by atoms with Crippen LogP contribution in [0.1, 0.15) is 17.4 Å². The molecule has 144 valence electrons. The molecule has 6 nitrogen and oxygen atoms in total. The first-order valence-electron chi connectivity index (χ1n) is 9.10. The van der Waals surface area contributed by atoms with E-state index < -0.39 is 30.9 Å². The number of ether oxygens (including phenoxy) is 5. The summed E-state index contributed by atoms with van der Waals surface area (Å²) in [5.41, 5.74) is 1.94. The summed E-state index contributed by atoms with van der Waals surface area (Å²) in [6.07, 6.45) is -3.70.